The molecule has 0 aliphatic heterocycles. The summed E-state index contributed by atoms with van der Waals surface area (Å²) in [5.74, 6) is 1.57. The molecule has 0 spiro atoms. The Labute approximate surface area is 96.8 Å². The monoisotopic (exact) mass is 230 g/mol. The summed E-state index contributed by atoms with van der Waals surface area (Å²) < 4.78 is 0. The van der Waals surface area contributed by atoms with Crippen LogP contribution in [0, 0.1) is 5.92 Å². The van der Waals surface area contributed by atoms with Crippen molar-refractivity contribution in [3.8, 4) is 0 Å². The Kier molecular flexibility index (Phi) is 5.47. The molecule has 0 bridgehead atoms. The van der Waals surface area contributed by atoms with Crippen LogP contribution in [0.1, 0.15) is 25.7 Å². The molecule has 1 rings (SSSR count). The Morgan fingerprint density at radius 2 is 2.00 bits per heavy atom. The van der Waals surface area contributed by atoms with Crippen molar-refractivity contribution in [3.05, 3.63) is 0 Å². The lowest BCUT2D eigenvalue weighted by molar-refractivity contribution is -0.135. The topological polar surface area (TPSA) is 46.3 Å². The molecule has 3 nitrogen and oxygen atoms in total. The second kappa shape index (κ2) is 6.38. The number of rotatable bonds is 4. The van der Waals surface area contributed by atoms with Crippen LogP contribution in [0.25, 0.3) is 0 Å². The molecule has 1 aliphatic rings. The van der Waals surface area contributed by atoms with Crippen molar-refractivity contribution in [2.75, 3.05) is 25.6 Å². The van der Waals surface area contributed by atoms with Gasteiger partial charge in [0.25, 0.3) is 0 Å². The average Bonchev–Trinajstić information content (AvgIpc) is 2.26. The molecule has 1 saturated carbocycles. The van der Waals surface area contributed by atoms with Crippen LogP contribution < -0.4 is 5.73 Å². The summed E-state index contributed by atoms with van der Waals surface area (Å²) >= 11 is 1.78. The van der Waals surface area contributed by atoms with E-state index in [0.717, 1.165) is 38.0 Å². The minimum atomic E-state index is 0.233. The minimum Gasteiger partial charge on any atom is -0.345 e. The van der Waals surface area contributed by atoms with Crippen LogP contribution >= 0.6 is 11.8 Å². The van der Waals surface area contributed by atoms with Gasteiger partial charge in [-0.15, -0.1) is 0 Å². The van der Waals surface area contributed by atoms with Crippen molar-refractivity contribution in [1.29, 1.82) is 0 Å². The van der Waals surface area contributed by atoms with E-state index in [2.05, 4.69) is 6.26 Å². The van der Waals surface area contributed by atoms with Gasteiger partial charge in [-0.3, -0.25) is 4.79 Å². The maximum atomic E-state index is 12.0. The molecular formula is C11H22N2OS. The van der Waals surface area contributed by atoms with Gasteiger partial charge in [-0.2, -0.15) is 11.8 Å². The van der Waals surface area contributed by atoms with Crippen LogP contribution in [0.2, 0.25) is 0 Å². The van der Waals surface area contributed by atoms with Crippen LogP contribution in [-0.2, 0) is 4.79 Å². The molecule has 0 aromatic carbocycles. The zero-order valence-corrected chi connectivity index (χ0v) is 10.6. The van der Waals surface area contributed by atoms with Crippen molar-refractivity contribution in [1.82, 2.24) is 4.90 Å². The Hall–Kier alpha value is -0.220. The second-order valence-electron chi connectivity index (χ2n) is 4.36. The van der Waals surface area contributed by atoms with E-state index in [-0.39, 0.29) is 5.92 Å². The summed E-state index contributed by atoms with van der Waals surface area (Å²) in [7, 11) is 1.91. The van der Waals surface area contributed by atoms with Gasteiger partial charge in [0.2, 0.25) is 5.91 Å². The minimum absolute atomic E-state index is 0.233. The second-order valence-corrected chi connectivity index (χ2v) is 5.35. The van der Waals surface area contributed by atoms with Gasteiger partial charge in [-0.05, 0) is 31.9 Å². The highest BCUT2D eigenvalue weighted by Crippen LogP contribution is 2.24. The molecule has 0 radical (unpaired) electrons. The van der Waals surface area contributed by atoms with Gasteiger partial charge in [0.15, 0.2) is 0 Å². The maximum absolute atomic E-state index is 12.0. The zero-order chi connectivity index (χ0) is 11.3. The van der Waals surface area contributed by atoms with Crippen molar-refractivity contribution in [2.24, 2.45) is 11.7 Å². The fraction of sp³-hybridized carbons (Fsp3) is 0.909. The van der Waals surface area contributed by atoms with Crippen molar-refractivity contribution in [2.45, 2.75) is 31.7 Å². The number of hydrogen-bond donors (Lipinski definition) is 1. The summed E-state index contributed by atoms with van der Waals surface area (Å²) in [6.45, 7) is 0.864. The van der Waals surface area contributed by atoms with Gasteiger partial charge in [0, 0.05) is 31.3 Å². The summed E-state index contributed by atoms with van der Waals surface area (Å²) in [5, 5.41) is 0. The molecule has 15 heavy (non-hydrogen) atoms. The quantitative estimate of drug-likeness (QED) is 0.792. The van der Waals surface area contributed by atoms with Gasteiger partial charge in [-0.25, -0.2) is 0 Å². The molecule has 0 saturated heterocycles. The number of amides is 1. The zero-order valence-electron chi connectivity index (χ0n) is 9.74. The average molecular weight is 230 g/mol. The normalized spacial score (nSPS) is 26.3. The molecule has 0 aromatic heterocycles. The van der Waals surface area contributed by atoms with E-state index in [4.69, 9.17) is 5.73 Å². The highest BCUT2D eigenvalue weighted by Gasteiger charge is 2.26. The Bertz CT molecular complexity index is 203. The number of nitrogens with two attached hydrogens (primary N) is 1. The van der Waals surface area contributed by atoms with Crippen molar-refractivity contribution in [3.63, 3.8) is 0 Å². The lowest BCUT2D eigenvalue weighted by Gasteiger charge is -2.28. The summed E-state index contributed by atoms with van der Waals surface area (Å²) in [6.07, 6.45) is 6.03. The highest BCUT2D eigenvalue weighted by atomic mass is 32.2. The third-order valence-corrected chi connectivity index (χ3v) is 3.72. The summed E-state index contributed by atoms with van der Waals surface area (Å²) in [6, 6.07) is 0.325. The predicted octanol–water partition coefficient (Wildman–Crippen LogP) is 1.33. The van der Waals surface area contributed by atoms with Gasteiger partial charge in [-0.1, -0.05) is 0 Å². The maximum Gasteiger partial charge on any atom is 0.225 e. The number of carbonyl (C=O) groups is 1. The molecule has 1 amide bonds. The molecule has 1 fully saturated rings. The van der Waals surface area contributed by atoms with Crippen LogP contribution in [0.3, 0.4) is 0 Å². The van der Waals surface area contributed by atoms with E-state index in [0.29, 0.717) is 11.9 Å². The first-order valence-corrected chi connectivity index (χ1v) is 7.04. The fourth-order valence-electron chi connectivity index (χ4n) is 2.02. The first kappa shape index (κ1) is 12.8. The molecule has 88 valence electrons. The SMILES string of the molecule is CSCCN(C)C(=O)C1CCC(N)CC1. The van der Waals surface area contributed by atoms with E-state index in [9.17, 15) is 4.79 Å². The highest BCUT2D eigenvalue weighted by molar-refractivity contribution is 7.98. The van der Waals surface area contributed by atoms with Crippen LogP contribution in [-0.4, -0.2) is 42.4 Å². The lowest BCUT2D eigenvalue weighted by Crippen LogP contribution is -2.38. The molecular weight excluding hydrogens is 208 g/mol. The molecule has 0 atom stereocenters. The first-order chi connectivity index (χ1) is 7.15. The third kappa shape index (κ3) is 4.03. The van der Waals surface area contributed by atoms with Crippen molar-refractivity contribution < 1.29 is 4.79 Å². The van der Waals surface area contributed by atoms with Gasteiger partial charge >= 0.3 is 0 Å². The summed E-state index contributed by atoms with van der Waals surface area (Å²) in [5.41, 5.74) is 5.83. The van der Waals surface area contributed by atoms with Gasteiger partial charge < -0.3 is 10.6 Å². The number of thioether (sulfide) groups is 1. The number of hydrogen-bond acceptors (Lipinski definition) is 3. The Morgan fingerprint density at radius 3 is 2.53 bits per heavy atom. The molecule has 2 N–H and O–H groups in total. The molecule has 0 aromatic rings. The smallest absolute Gasteiger partial charge is 0.225 e. The molecule has 4 heteroatoms. The van der Waals surface area contributed by atoms with Gasteiger partial charge in [0.1, 0.15) is 0 Å². The molecule has 0 heterocycles. The predicted molar refractivity (Wildman–Crippen MR) is 66.0 cm³/mol. The van der Waals surface area contributed by atoms with E-state index in [1.165, 1.54) is 0 Å². The Balaban J connectivity index is 2.32. The van der Waals surface area contributed by atoms with Crippen LogP contribution in [0.5, 0.6) is 0 Å². The van der Waals surface area contributed by atoms with E-state index in [1.54, 1.807) is 11.8 Å². The standard InChI is InChI=1S/C11H22N2OS/c1-13(7-8-15-2)11(14)9-3-5-10(12)6-4-9/h9-10H,3-8,12H2,1-2H3. The van der Waals surface area contributed by atoms with Crippen LogP contribution in [0.15, 0.2) is 0 Å². The molecule has 1 aliphatic carbocycles. The fourth-order valence-corrected chi connectivity index (χ4v) is 2.47. The molecule has 0 unspecified atom stereocenters. The number of nitrogens with zero attached hydrogens (tertiary/aromatic N) is 1. The van der Waals surface area contributed by atoms with Crippen LogP contribution in [0.4, 0.5) is 0 Å². The lowest BCUT2D eigenvalue weighted by atomic mass is 9.85. The van der Waals surface area contributed by atoms with E-state index in [1.807, 2.05) is 11.9 Å². The third-order valence-electron chi connectivity index (χ3n) is 3.13. The number of carbonyl (C=O) groups excluding carboxylic acids is 1. The van der Waals surface area contributed by atoms with Gasteiger partial charge in [0.05, 0.1) is 0 Å². The largest absolute Gasteiger partial charge is 0.345 e. The van der Waals surface area contributed by atoms with Crippen molar-refractivity contribution >= 4 is 17.7 Å². The van der Waals surface area contributed by atoms with E-state index < -0.39 is 0 Å². The Morgan fingerprint density at radius 1 is 1.40 bits per heavy atom. The summed E-state index contributed by atoms with van der Waals surface area (Å²) in [4.78, 5) is 13.9. The van der Waals surface area contributed by atoms with E-state index >= 15 is 0 Å². The first-order valence-electron chi connectivity index (χ1n) is 5.64.